The number of sulfone groups is 1. The molecule has 0 spiro atoms. The lowest BCUT2D eigenvalue weighted by molar-refractivity contribution is -0.400. The Labute approximate surface area is 469 Å². The smallest absolute Gasteiger partial charge is 0.311 e. The molecule has 23 heteroatoms. The van der Waals surface area contributed by atoms with E-state index in [2.05, 4.69) is 22.1 Å². The zero-order valence-electron chi connectivity index (χ0n) is 47.5. The van der Waals surface area contributed by atoms with Gasteiger partial charge >= 0.3 is 5.97 Å². The molecule has 5 saturated heterocycles. The number of hydrogen-bond acceptors (Lipinski definition) is 19. The van der Waals surface area contributed by atoms with Crippen LogP contribution in [0, 0.1) is 17.8 Å². The lowest BCUT2D eigenvalue weighted by Crippen LogP contribution is -2.57. The maximum atomic E-state index is 15.0. The standard InChI is InChI=1S/C54H88FIN6O14S/c1-14-43-54(56,65)48(63)37(7)60(11)30-32(2)26-53(9)49(35(5)45(36(6)50(64)72-43)73-44-28-52(8,69-13)27-34(4)70-44)74-51-47(75-76-53)41(25-33(3)71-51)59(10)20-19-39-31-62(58-57-39)42(29-55)46(68-12)38-15-17-40(18-16-38)61-21-23-77(66,67)24-22-61/h15-18,31-37,41-49,51,63,65H,14,19-30H2,1-13H3/t32-,33-,34+,35+,36-,37-,41+,42-,43-,44+,45+,46-,47-,48-,49-,51+,52+,53-,54-/m1/s1. The van der Waals surface area contributed by atoms with Gasteiger partial charge in [-0.2, -0.15) is 0 Å². The van der Waals surface area contributed by atoms with Gasteiger partial charge in [0.25, 0.3) is 0 Å². The predicted octanol–water partition coefficient (Wildman–Crippen LogP) is 5.62. The Morgan fingerprint density at radius 3 is 2.32 bits per heavy atom. The van der Waals surface area contributed by atoms with Crippen molar-refractivity contribution < 1.29 is 70.7 Å². The molecule has 1 aromatic heterocycles. The fourth-order valence-electron chi connectivity index (χ4n) is 12.4. The Morgan fingerprint density at radius 2 is 1.69 bits per heavy atom. The lowest BCUT2D eigenvalue weighted by atomic mass is 9.77. The summed E-state index contributed by atoms with van der Waals surface area (Å²) >= 11 is 1.82. The van der Waals surface area contributed by atoms with Crippen LogP contribution in [0.4, 0.5) is 10.1 Å². The molecule has 0 unspecified atom stereocenters. The second-order valence-electron chi connectivity index (χ2n) is 23.3. The van der Waals surface area contributed by atoms with Gasteiger partial charge in [0, 0.05) is 89.5 Å². The van der Waals surface area contributed by atoms with Crippen LogP contribution in [0.3, 0.4) is 0 Å². The van der Waals surface area contributed by atoms with Gasteiger partial charge in [0.05, 0.1) is 53.1 Å². The van der Waals surface area contributed by atoms with Gasteiger partial charge in [-0.3, -0.25) is 4.79 Å². The number of rotatable bonds is 14. The molecule has 0 aliphatic carbocycles. The average Bonchev–Trinajstić information content (AvgIpc) is 3.81. The maximum absolute atomic E-state index is 15.0. The summed E-state index contributed by atoms with van der Waals surface area (Å²) in [5, 5.41) is 32.5. The number of fused-ring (bicyclic) bond motifs is 2. The Morgan fingerprint density at radius 1 is 1.00 bits per heavy atom. The molecule has 0 radical (unpaired) electrons. The van der Waals surface area contributed by atoms with E-state index in [4.69, 9.17) is 42.9 Å². The first kappa shape index (κ1) is 62.4. The highest BCUT2D eigenvalue weighted by Gasteiger charge is 2.56. The highest BCUT2D eigenvalue weighted by Crippen LogP contribution is 2.44. The number of cyclic esters (lactones) is 1. The number of benzene rings is 1. The maximum Gasteiger partial charge on any atom is 0.311 e. The monoisotopic (exact) mass is 1220 g/mol. The number of methoxy groups -OCH3 is 2. The molecule has 77 heavy (non-hydrogen) atoms. The van der Waals surface area contributed by atoms with E-state index in [0.29, 0.717) is 64.0 Å². The van der Waals surface area contributed by atoms with Crippen molar-refractivity contribution in [1.29, 1.82) is 0 Å². The van der Waals surface area contributed by atoms with Gasteiger partial charge in [0.2, 0.25) is 0 Å². The molecule has 1 aromatic carbocycles. The van der Waals surface area contributed by atoms with E-state index in [1.807, 2.05) is 119 Å². The molecule has 2 N–H and O–H groups in total. The molecule has 7 rings (SSSR count). The number of halogens is 2. The van der Waals surface area contributed by atoms with E-state index in [1.165, 1.54) is 11.8 Å². The summed E-state index contributed by atoms with van der Waals surface area (Å²) in [7, 11) is 4.08. The summed E-state index contributed by atoms with van der Waals surface area (Å²) in [6.07, 6.45) is -3.08. The summed E-state index contributed by atoms with van der Waals surface area (Å²) in [5.74, 6) is -2.00. The molecular formula is C54H88FIN6O14S. The Hall–Kier alpha value is -2.24. The molecule has 20 nitrogen and oxygen atoms in total. The van der Waals surface area contributed by atoms with E-state index in [1.54, 1.807) is 20.2 Å². The predicted molar refractivity (Wildman–Crippen MR) is 294 cm³/mol. The second-order valence-corrected chi connectivity index (χ2v) is 27.4. The van der Waals surface area contributed by atoms with Gasteiger partial charge < -0.3 is 58.1 Å². The average molecular weight is 1220 g/mol. The van der Waals surface area contributed by atoms with Crippen LogP contribution in [0.5, 0.6) is 0 Å². The molecule has 0 amide bonds. The number of carbonyl (C=O) groups excluding carboxylic acids is 1. The number of likely N-dealkylation sites (N-methyl/N-ethyl adjacent to an activating group) is 2. The Kier molecular flexibility index (Phi) is 21.0. The first-order valence-corrected chi connectivity index (χ1v) is 30.4. The van der Waals surface area contributed by atoms with Crippen LogP contribution in [0.2, 0.25) is 0 Å². The normalized spacial score (nSPS) is 39.8. The van der Waals surface area contributed by atoms with Gasteiger partial charge in [0.15, 0.2) is 32.1 Å². The first-order chi connectivity index (χ1) is 36.2. The van der Waals surface area contributed by atoms with Gasteiger partial charge in [0.1, 0.15) is 36.6 Å². The summed E-state index contributed by atoms with van der Waals surface area (Å²) < 4.78 is 84.1. The number of aliphatic hydroxyl groups is 2. The van der Waals surface area contributed by atoms with Crippen molar-refractivity contribution in [3.8, 4) is 0 Å². The van der Waals surface area contributed by atoms with E-state index in [-0.39, 0.29) is 42.1 Å². The van der Waals surface area contributed by atoms with Crippen molar-refractivity contribution in [3.63, 3.8) is 0 Å². The fourth-order valence-corrected chi connectivity index (χ4v) is 14.7. The number of esters is 1. The minimum Gasteiger partial charge on any atom is -0.458 e. The first-order valence-electron chi connectivity index (χ1n) is 27.5. The molecule has 19 atom stereocenters. The van der Waals surface area contributed by atoms with E-state index in [0.717, 1.165) is 11.3 Å². The van der Waals surface area contributed by atoms with Crippen molar-refractivity contribution in [3.05, 3.63) is 41.7 Å². The molecule has 5 aliphatic heterocycles. The highest BCUT2D eigenvalue weighted by atomic mass is 127. The Bertz CT molecular complexity index is 2330. The number of carbonyl (C=O) groups is 1. The number of aromatic nitrogens is 3. The van der Waals surface area contributed by atoms with Gasteiger partial charge in [-0.25, -0.2) is 27.3 Å². The topological polar surface area (TPSA) is 215 Å². The van der Waals surface area contributed by atoms with Crippen LogP contribution >= 0.6 is 22.6 Å². The molecular weight excluding hydrogens is 1130 g/mol. The van der Waals surface area contributed by atoms with Crippen molar-refractivity contribution in [1.82, 2.24) is 24.8 Å². The number of alkyl halides is 2. The van der Waals surface area contributed by atoms with Crippen LogP contribution in [-0.4, -0.2) is 204 Å². The zero-order valence-corrected chi connectivity index (χ0v) is 50.4. The number of ether oxygens (including phenoxy) is 7. The summed E-state index contributed by atoms with van der Waals surface area (Å²) in [6, 6.07) is 5.98. The van der Waals surface area contributed by atoms with Crippen molar-refractivity contribution >= 4 is 44.1 Å². The lowest BCUT2D eigenvalue weighted by Gasteiger charge is -2.46. The molecule has 5 aliphatic rings. The molecule has 6 heterocycles. The third-order valence-corrected chi connectivity index (χ3v) is 20.0. The number of anilines is 1. The molecule has 2 aromatic rings. The number of hydrogen-bond donors (Lipinski definition) is 2. The minimum absolute atomic E-state index is 0.0754. The van der Waals surface area contributed by atoms with Gasteiger partial charge in [-0.1, -0.05) is 38.1 Å². The molecule has 5 fully saturated rings. The van der Waals surface area contributed by atoms with E-state index in [9.17, 15) is 23.4 Å². The minimum atomic E-state index is -3.03. The SMILES string of the molecule is CC[C@H]1OC(=O)[C@H](C)[C@@H](O[C@H]2C[C@@](C)(OC)C[C@H](C)O2)[C@H](C)[C@H]2O[C@@H]3O[C@H](C)C[C@H](N(C)CCc4cn([C@H](CF)[C@H](OC)c5ccc(N6CCS(=O)(=O)CC6)cc5)nn4)[C@H]3OO[C@]2(C)C[C@@H](C)CN(C)[C@H](C)[C@@H](O)[C@@]1(O)I. The molecule has 0 saturated carbocycles. The van der Waals surface area contributed by atoms with Crippen LogP contribution in [0.1, 0.15) is 118 Å². The van der Waals surface area contributed by atoms with Crippen LogP contribution < -0.4 is 4.90 Å². The number of nitrogens with zero attached hydrogens (tertiary/aromatic N) is 6. The van der Waals surface area contributed by atoms with Gasteiger partial charge in [-0.05, 0) is 121 Å². The van der Waals surface area contributed by atoms with Gasteiger partial charge in [-0.15, -0.1) is 5.10 Å². The summed E-state index contributed by atoms with van der Waals surface area (Å²) in [6.45, 7) is 18.5. The zero-order chi connectivity index (χ0) is 56.4. The molecule has 0 bridgehead atoms. The quantitative estimate of drug-likeness (QED) is 0.102. The fraction of sp³-hybridized carbons (Fsp3) is 0.833. The summed E-state index contributed by atoms with van der Waals surface area (Å²) in [5.41, 5.74) is 0.582. The van der Waals surface area contributed by atoms with E-state index >= 15 is 4.39 Å². The molecule has 438 valence electrons. The van der Waals surface area contributed by atoms with Crippen LogP contribution in [0.15, 0.2) is 30.5 Å². The van der Waals surface area contributed by atoms with Crippen molar-refractivity contribution in [2.45, 2.75) is 195 Å². The second kappa shape index (κ2) is 25.9. The van der Waals surface area contributed by atoms with Crippen molar-refractivity contribution in [2.24, 2.45) is 17.8 Å². The largest absolute Gasteiger partial charge is 0.458 e. The summed E-state index contributed by atoms with van der Waals surface area (Å²) in [4.78, 5) is 34.2. The van der Waals surface area contributed by atoms with Crippen molar-refractivity contribution in [2.75, 3.05) is 77.6 Å². The van der Waals surface area contributed by atoms with Crippen LogP contribution in [-0.2, 0) is 64.0 Å². The Balaban J connectivity index is 1.13. The third kappa shape index (κ3) is 14.5. The third-order valence-electron chi connectivity index (χ3n) is 17.1. The van der Waals surface area contributed by atoms with E-state index < -0.39 is 110 Å². The van der Waals surface area contributed by atoms with Crippen LogP contribution in [0.25, 0.3) is 0 Å². The number of aliphatic hydroxyl groups excluding tert-OH is 1. The highest BCUT2D eigenvalue weighted by molar-refractivity contribution is 14.1.